The van der Waals surface area contributed by atoms with Crippen molar-refractivity contribution in [3.05, 3.63) is 58.3 Å². The fourth-order valence-corrected chi connectivity index (χ4v) is 2.06. The van der Waals surface area contributed by atoms with Crippen molar-refractivity contribution in [3.63, 3.8) is 0 Å². The summed E-state index contributed by atoms with van der Waals surface area (Å²) in [4.78, 5) is 4.11. The first-order chi connectivity index (χ1) is 8.78. The van der Waals surface area contributed by atoms with Crippen LogP contribution in [0.5, 0.6) is 5.75 Å². The smallest absolute Gasteiger partial charge is 0.120 e. The quantitative estimate of drug-likeness (QED) is 0.921. The van der Waals surface area contributed by atoms with Gasteiger partial charge in [-0.1, -0.05) is 12.1 Å². The molecule has 0 saturated carbocycles. The molecule has 0 aliphatic rings. The SMILES string of the molecule is CNCc1cccc(OCc2cncc(Br)c2)c1. The molecule has 4 heteroatoms. The lowest BCUT2D eigenvalue weighted by molar-refractivity contribution is 0.305. The molecule has 0 radical (unpaired) electrons. The molecule has 2 aromatic rings. The number of ether oxygens (including phenoxy) is 1. The first kappa shape index (κ1) is 13.1. The van der Waals surface area contributed by atoms with Crippen LogP contribution < -0.4 is 10.1 Å². The Kier molecular flexibility index (Phi) is 4.73. The van der Waals surface area contributed by atoms with Gasteiger partial charge in [-0.2, -0.15) is 0 Å². The molecule has 0 saturated heterocycles. The van der Waals surface area contributed by atoms with E-state index in [2.05, 4.69) is 32.3 Å². The van der Waals surface area contributed by atoms with Crippen LogP contribution in [0, 0.1) is 0 Å². The molecule has 0 spiro atoms. The van der Waals surface area contributed by atoms with Gasteiger partial charge in [0.05, 0.1) is 0 Å². The maximum absolute atomic E-state index is 5.75. The largest absolute Gasteiger partial charge is 0.489 e. The van der Waals surface area contributed by atoms with Gasteiger partial charge in [0.2, 0.25) is 0 Å². The zero-order valence-corrected chi connectivity index (χ0v) is 11.8. The summed E-state index contributed by atoms with van der Waals surface area (Å²) in [5.41, 5.74) is 2.26. The number of aromatic nitrogens is 1. The standard InChI is InChI=1S/C14H15BrN2O/c1-16-7-11-3-2-4-14(6-11)18-10-12-5-13(15)9-17-8-12/h2-6,8-9,16H,7,10H2,1H3. The van der Waals surface area contributed by atoms with E-state index in [-0.39, 0.29) is 0 Å². The van der Waals surface area contributed by atoms with Gasteiger partial charge in [-0.05, 0) is 46.7 Å². The molecule has 0 amide bonds. The molecule has 94 valence electrons. The Morgan fingerprint density at radius 1 is 1.22 bits per heavy atom. The highest BCUT2D eigenvalue weighted by molar-refractivity contribution is 9.10. The van der Waals surface area contributed by atoms with Gasteiger partial charge in [-0.25, -0.2) is 0 Å². The van der Waals surface area contributed by atoms with Crippen molar-refractivity contribution in [1.29, 1.82) is 0 Å². The second-order valence-corrected chi connectivity index (χ2v) is 4.89. The van der Waals surface area contributed by atoms with Gasteiger partial charge in [0.15, 0.2) is 0 Å². The predicted octanol–water partition coefficient (Wildman–Crippen LogP) is 3.14. The highest BCUT2D eigenvalue weighted by atomic mass is 79.9. The van der Waals surface area contributed by atoms with Gasteiger partial charge < -0.3 is 10.1 Å². The van der Waals surface area contributed by atoms with Crippen LogP contribution in [0.15, 0.2) is 47.2 Å². The third-order valence-electron chi connectivity index (χ3n) is 2.45. The Balaban J connectivity index is 1.99. The number of pyridine rings is 1. The molecule has 0 bridgehead atoms. The van der Waals surface area contributed by atoms with E-state index in [1.54, 1.807) is 6.20 Å². The van der Waals surface area contributed by atoms with Crippen molar-refractivity contribution >= 4 is 15.9 Å². The second kappa shape index (κ2) is 6.52. The van der Waals surface area contributed by atoms with Crippen molar-refractivity contribution in [2.75, 3.05) is 7.05 Å². The van der Waals surface area contributed by atoms with Gasteiger partial charge in [0.25, 0.3) is 0 Å². The van der Waals surface area contributed by atoms with Gasteiger partial charge in [0.1, 0.15) is 12.4 Å². The van der Waals surface area contributed by atoms with Gasteiger partial charge in [0, 0.05) is 29.0 Å². The summed E-state index contributed by atoms with van der Waals surface area (Å²) in [6.07, 6.45) is 3.57. The Bertz CT molecular complexity index is 517. The average Bonchev–Trinajstić information content (AvgIpc) is 2.37. The second-order valence-electron chi connectivity index (χ2n) is 3.98. The highest BCUT2D eigenvalue weighted by Gasteiger charge is 1.99. The van der Waals surface area contributed by atoms with Gasteiger partial charge in [-0.15, -0.1) is 0 Å². The summed E-state index contributed by atoms with van der Waals surface area (Å²) in [5.74, 6) is 0.878. The maximum atomic E-state index is 5.75. The molecule has 1 aromatic carbocycles. The number of halogens is 1. The van der Waals surface area contributed by atoms with Crippen LogP contribution in [-0.2, 0) is 13.2 Å². The summed E-state index contributed by atoms with van der Waals surface area (Å²) in [6, 6.07) is 10.1. The molecule has 0 aliphatic carbocycles. The fourth-order valence-electron chi connectivity index (χ4n) is 1.65. The van der Waals surface area contributed by atoms with E-state index in [4.69, 9.17) is 4.74 Å². The normalized spacial score (nSPS) is 10.3. The lowest BCUT2D eigenvalue weighted by atomic mass is 10.2. The van der Waals surface area contributed by atoms with Crippen molar-refractivity contribution in [2.45, 2.75) is 13.2 Å². The predicted molar refractivity (Wildman–Crippen MR) is 75.5 cm³/mol. The third kappa shape index (κ3) is 3.82. The number of hydrogen-bond acceptors (Lipinski definition) is 3. The summed E-state index contributed by atoms with van der Waals surface area (Å²) in [7, 11) is 1.93. The highest BCUT2D eigenvalue weighted by Crippen LogP contribution is 2.16. The molecular formula is C14H15BrN2O. The number of rotatable bonds is 5. The minimum Gasteiger partial charge on any atom is -0.489 e. The minimum atomic E-state index is 0.523. The number of nitrogens with one attached hydrogen (secondary N) is 1. The Morgan fingerprint density at radius 3 is 2.89 bits per heavy atom. The van der Waals surface area contributed by atoms with E-state index in [0.717, 1.165) is 22.3 Å². The van der Waals surface area contributed by atoms with Crippen LogP contribution >= 0.6 is 15.9 Å². The number of hydrogen-bond donors (Lipinski definition) is 1. The molecule has 1 N–H and O–H groups in total. The van der Waals surface area contributed by atoms with E-state index >= 15 is 0 Å². The molecule has 1 aromatic heterocycles. The van der Waals surface area contributed by atoms with Crippen LogP contribution in [0.3, 0.4) is 0 Å². The van der Waals surface area contributed by atoms with E-state index < -0.39 is 0 Å². The number of benzene rings is 1. The molecule has 0 atom stereocenters. The van der Waals surface area contributed by atoms with E-state index in [9.17, 15) is 0 Å². The number of nitrogens with zero attached hydrogens (tertiary/aromatic N) is 1. The Morgan fingerprint density at radius 2 is 2.11 bits per heavy atom. The summed E-state index contributed by atoms with van der Waals surface area (Å²) >= 11 is 3.39. The van der Waals surface area contributed by atoms with Crippen molar-refractivity contribution in [1.82, 2.24) is 10.3 Å². The van der Waals surface area contributed by atoms with Crippen molar-refractivity contribution in [2.24, 2.45) is 0 Å². The molecule has 1 heterocycles. The summed E-state index contributed by atoms with van der Waals surface area (Å²) in [6.45, 7) is 1.37. The van der Waals surface area contributed by atoms with Crippen LogP contribution in [0.2, 0.25) is 0 Å². The lowest BCUT2D eigenvalue weighted by Crippen LogP contribution is -2.05. The summed E-state index contributed by atoms with van der Waals surface area (Å²) < 4.78 is 6.71. The monoisotopic (exact) mass is 306 g/mol. The summed E-state index contributed by atoms with van der Waals surface area (Å²) in [5, 5.41) is 3.12. The average molecular weight is 307 g/mol. The van der Waals surface area contributed by atoms with E-state index in [0.29, 0.717) is 6.61 Å². The fraction of sp³-hybridized carbons (Fsp3) is 0.214. The lowest BCUT2D eigenvalue weighted by Gasteiger charge is -2.08. The van der Waals surface area contributed by atoms with Crippen molar-refractivity contribution in [3.8, 4) is 5.75 Å². The zero-order chi connectivity index (χ0) is 12.8. The van der Waals surface area contributed by atoms with Gasteiger partial charge >= 0.3 is 0 Å². The zero-order valence-electron chi connectivity index (χ0n) is 10.2. The Labute approximate surface area is 115 Å². The molecule has 18 heavy (non-hydrogen) atoms. The molecule has 3 nitrogen and oxygen atoms in total. The van der Waals surface area contributed by atoms with Crippen LogP contribution in [0.1, 0.15) is 11.1 Å². The maximum Gasteiger partial charge on any atom is 0.120 e. The van der Waals surface area contributed by atoms with Crippen LogP contribution in [-0.4, -0.2) is 12.0 Å². The van der Waals surface area contributed by atoms with Crippen LogP contribution in [0.4, 0.5) is 0 Å². The molecule has 0 unspecified atom stereocenters. The van der Waals surface area contributed by atoms with Gasteiger partial charge in [-0.3, -0.25) is 4.98 Å². The first-order valence-electron chi connectivity index (χ1n) is 5.73. The molecule has 0 aliphatic heterocycles. The topological polar surface area (TPSA) is 34.1 Å². The Hall–Kier alpha value is -1.39. The molecular weight excluding hydrogens is 292 g/mol. The van der Waals surface area contributed by atoms with E-state index in [1.165, 1.54) is 5.56 Å². The van der Waals surface area contributed by atoms with E-state index in [1.807, 2.05) is 37.5 Å². The third-order valence-corrected chi connectivity index (χ3v) is 2.88. The first-order valence-corrected chi connectivity index (χ1v) is 6.53. The molecule has 0 fully saturated rings. The van der Waals surface area contributed by atoms with Crippen LogP contribution in [0.25, 0.3) is 0 Å². The molecule has 2 rings (SSSR count). The minimum absolute atomic E-state index is 0.523. The van der Waals surface area contributed by atoms with Crippen molar-refractivity contribution < 1.29 is 4.74 Å².